The maximum Gasteiger partial charge on any atom is 0.338 e. The van der Waals surface area contributed by atoms with E-state index in [9.17, 15) is 22.8 Å². The highest BCUT2D eigenvalue weighted by atomic mass is 32.2. The SMILES string of the molecule is CCOC(=O)C1=C(COC(=O)CN(C)S(=O)(=O)c2ccc(C)cc2)NC(=O)NC1c1ccco1. The second-order valence-electron chi connectivity index (χ2n) is 7.39. The minimum Gasteiger partial charge on any atom is -0.467 e. The third kappa shape index (κ3) is 5.64. The number of carbonyl (C=O) groups excluding carboxylic acids is 3. The number of amides is 2. The molecule has 2 amide bonds. The number of esters is 2. The molecule has 1 atom stereocenters. The molecule has 0 radical (unpaired) electrons. The van der Waals surface area contributed by atoms with Crippen LogP contribution >= 0.6 is 0 Å². The van der Waals surface area contributed by atoms with Gasteiger partial charge < -0.3 is 24.5 Å². The Morgan fingerprint density at radius 2 is 1.85 bits per heavy atom. The number of nitrogens with one attached hydrogen (secondary N) is 2. The Morgan fingerprint density at radius 1 is 1.15 bits per heavy atom. The van der Waals surface area contributed by atoms with Gasteiger partial charge in [0.15, 0.2) is 0 Å². The minimum atomic E-state index is -3.92. The van der Waals surface area contributed by atoms with E-state index in [2.05, 4.69) is 10.6 Å². The third-order valence-corrected chi connectivity index (χ3v) is 6.75. The molecule has 182 valence electrons. The van der Waals surface area contributed by atoms with Crippen LogP contribution in [-0.2, 0) is 29.1 Å². The van der Waals surface area contributed by atoms with Crippen molar-refractivity contribution in [3.05, 3.63) is 65.3 Å². The summed E-state index contributed by atoms with van der Waals surface area (Å²) in [5, 5.41) is 5.02. The van der Waals surface area contributed by atoms with E-state index >= 15 is 0 Å². The fourth-order valence-corrected chi connectivity index (χ4v) is 4.32. The molecule has 1 unspecified atom stereocenters. The van der Waals surface area contributed by atoms with E-state index in [1.807, 2.05) is 6.92 Å². The first-order chi connectivity index (χ1) is 16.1. The molecule has 0 fully saturated rings. The number of likely N-dealkylation sites (N-methyl/N-ethyl adjacent to an activating group) is 1. The number of urea groups is 1. The van der Waals surface area contributed by atoms with Gasteiger partial charge in [-0.05, 0) is 38.1 Å². The molecule has 0 bridgehead atoms. The van der Waals surface area contributed by atoms with Gasteiger partial charge in [0.05, 0.1) is 29.0 Å². The number of sulfonamides is 1. The molecule has 3 rings (SSSR count). The predicted octanol–water partition coefficient (Wildman–Crippen LogP) is 1.62. The molecule has 0 saturated carbocycles. The molecular formula is C22H25N3O8S. The summed E-state index contributed by atoms with van der Waals surface area (Å²) in [4.78, 5) is 37.2. The summed E-state index contributed by atoms with van der Waals surface area (Å²) in [6.07, 6.45) is 1.39. The Kier molecular flexibility index (Phi) is 7.74. The van der Waals surface area contributed by atoms with Crippen molar-refractivity contribution >= 4 is 28.0 Å². The lowest BCUT2D eigenvalue weighted by atomic mass is 10.0. The molecule has 0 aliphatic carbocycles. The predicted molar refractivity (Wildman–Crippen MR) is 119 cm³/mol. The molecule has 11 nitrogen and oxygen atoms in total. The number of rotatable bonds is 9. The molecule has 2 heterocycles. The Bertz CT molecular complexity index is 1190. The zero-order valence-electron chi connectivity index (χ0n) is 18.9. The van der Waals surface area contributed by atoms with Crippen molar-refractivity contribution in [2.75, 3.05) is 26.8 Å². The van der Waals surface area contributed by atoms with Gasteiger partial charge in [0, 0.05) is 7.05 Å². The summed E-state index contributed by atoms with van der Waals surface area (Å²) in [7, 11) is -2.67. The Balaban J connectivity index is 1.76. The van der Waals surface area contributed by atoms with Gasteiger partial charge in [0.25, 0.3) is 0 Å². The zero-order chi connectivity index (χ0) is 24.9. The van der Waals surface area contributed by atoms with Crippen molar-refractivity contribution < 1.29 is 36.7 Å². The van der Waals surface area contributed by atoms with Gasteiger partial charge in [-0.2, -0.15) is 4.31 Å². The maximum absolute atomic E-state index is 12.7. The first-order valence-electron chi connectivity index (χ1n) is 10.3. The van der Waals surface area contributed by atoms with E-state index in [-0.39, 0.29) is 28.5 Å². The van der Waals surface area contributed by atoms with Crippen LogP contribution in [0.2, 0.25) is 0 Å². The van der Waals surface area contributed by atoms with Crippen LogP contribution in [0.15, 0.2) is 63.2 Å². The lowest BCUT2D eigenvalue weighted by Gasteiger charge is -2.27. The lowest BCUT2D eigenvalue weighted by molar-refractivity contribution is -0.143. The van der Waals surface area contributed by atoms with E-state index in [4.69, 9.17) is 13.9 Å². The van der Waals surface area contributed by atoms with E-state index in [0.717, 1.165) is 9.87 Å². The molecule has 1 aromatic carbocycles. The fourth-order valence-electron chi connectivity index (χ4n) is 3.21. The summed E-state index contributed by atoms with van der Waals surface area (Å²) in [6.45, 7) is 2.46. The number of carbonyl (C=O) groups is 3. The molecule has 34 heavy (non-hydrogen) atoms. The molecule has 1 aliphatic heterocycles. The third-order valence-electron chi connectivity index (χ3n) is 4.94. The van der Waals surface area contributed by atoms with Crippen LogP contribution in [0.3, 0.4) is 0 Å². The van der Waals surface area contributed by atoms with Crippen molar-refractivity contribution in [2.24, 2.45) is 0 Å². The number of furan rings is 1. The van der Waals surface area contributed by atoms with Gasteiger partial charge in [-0.15, -0.1) is 0 Å². The monoisotopic (exact) mass is 491 g/mol. The number of hydrogen-bond acceptors (Lipinski definition) is 8. The van der Waals surface area contributed by atoms with Crippen LogP contribution < -0.4 is 10.6 Å². The minimum absolute atomic E-state index is 0.000921. The molecule has 0 saturated heterocycles. The highest BCUT2D eigenvalue weighted by Crippen LogP contribution is 2.28. The molecule has 0 spiro atoms. The second kappa shape index (κ2) is 10.5. The number of hydrogen-bond donors (Lipinski definition) is 2. The molecule has 1 aromatic heterocycles. The van der Waals surface area contributed by atoms with Crippen LogP contribution in [0, 0.1) is 6.92 Å². The zero-order valence-corrected chi connectivity index (χ0v) is 19.7. The number of benzene rings is 1. The molecule has 2 N–H and O–H groups in total. The smallest absolute Gasteiger partial charge is 0.338 e. The second-order valence-corrected chi connectivity index (χ2v) is 9.44. The van der Waals surface area contributed by atoms with E-state index < -0.39 is 47.2 Å². The van der Waals surface area contributed by atoms with Gasteiger partial charge in [0.2, 0.25) is 10.0 Å². The quantitative estimate of drug-likeness (QED) is 0.504. The summed E-state index contributed by atoms with van der Waals surface area (Å²) in [5.74, 6) is -1.33. The first kappa shape index (κ1) is 25.0. The average molecular weight is 492 g/mol. The fraction of sp³-hybridized carbons (Fsp3) is 0.318. The maximum atomic E-state index is 12.7. The number of nitrogens with zero attached hydrogens (tertiary/aromatic N) is 1. The van der Waals surface area contributed by atoms with Crippen LogP contribution in [-0.4, -0.2) is 57.5 Å². The summed E-state index contributed by atoms with van der Waals surface area (Å²) in [6, 6.07) is 7.76. The van der Waals surface area contributed by atoms with Gasteiger partial charge in [-0.1, -0.05) is 17.7 Å². The van der Waals surface area contributed by atoms with Crippen LogP contribution in [0.1, 0.15) is 24.3 Å². The van der Waals surface area contributed by atoms with E-state index in [0.29, 0.717) is 0 Å². The lowest BCUT2D eigenvalue weighted by Crippen LogP contribution is -2.47. The summed E-state index contributed by atoms with van der Waals surface area (Å²) >= 11 is 0. The normalized spacial score (nSPS) is 16.1. The van der Waals surface area contributed by atoms with Crippen LogP contribution in [0.25, 0.3) is 0 Å². The summed E-state index contributed by atoms with van der Waals surface area (Å²) in [5.41, 5.74) is 0.898. The van der Waals surface area contributed by atoms with E-state index in [1.165, 1.54) is 25.4 Å². The first-order valence-corrected chi connectivity index (χ1v) is 11.8. The number of aryl methyl sites for hydroxylation is 1. The Morgan fingerprint density at radius 3 is 2.47 bits per heavy atom. The van der Waals surface area contributed by atoms with Crippen molar-refractivity contribution in [2.45, 2.75) is 24.8 Å². The van der Waals surface area contributed by atoms with Gasteiger partial charge in [-0.3, -0.25) is 4.79 Å². The van der Waals surface area contributed by atoms with Crippen LogP contribution in [0.4, 0.5) is 4.79 Å². The highest BCUT2D eigenvalue weighted by molar-refractivity contribution is 7.89. The van der Waals surface area contributed by atoms with Gasteiger partial charge in [-0.25, -0.2) is 18.0 Å². The molecule has 2 aromatic rings. The van der Waals surface area contributed by atoms with Gasteiger partial charge >= 0.3 is 18.0 Å². The standard InChI is InChI=1S/C22H25N3O8S/c1-4-31-21(27)19-16(23-22(28)24-20(19)17-6-5-11-32-17)13-33-18(26)12-25(3)34(29,30)15-9-7-14(2)8-10-15/h5-11,20H,4,12-13H2,1-3H3,(H2,23,24,28). The van der Waals surface area contributed by atoms with Crippen molar-refractivity contribution in [3.8, 4) is 0 Å². The van der Waals surface area contributed by atoms with Crippen molar-refractivity contribution in [1.29, 1.82) is 0 Å². The van der Waals surface area contributed by atoms with Crippen LogP contribution in [0.5, 0.6) is 0 Å². The van der Waals surface area contributed by atoms with E-state index in [1.54, 1.807) is 31.2 Å². The van der Waals surface area contributed by atoms with Gasteiger partial charge in [0.1, 0.15) is 25.0 Å². The summed E-state index contributed by atoms with van der Waals surface area (Å²) < 4.78 is 41.8. The average Bonchev–Trinajstić information content (AvgIpc) is 3.32. The molecular weight excluding hydrogens is 466 g/mol. The Labute approximate surface area is 196 Å². The molecule has 1 aliphatic rings. The largest absolute Gasteiger partial charge is 0.467 e. The van der Waals surface area contributed by atoms with Crippen molar-refractivity contribution in [1.82, 2.24) is 14.9 Å². The molecule has 12 heteroatoms. The van der Waals surface area contributed by atoms with Crippen molar-refractivity contribution in [3.63, 3.8) is 0 Å². The number of ether oxygens (including phenoxy) is 2. The highest BCUT2D eigenvalue weighted by Gasteiger charge is 2.36. The Hall–Kier alpha value is -3.64. The topological polar surface area (TPSA) is 144 Å².